The number of nitrogens with one attached hydrogen (secondary N) is 1. The lowest BCUT2D eigenvalue weighted by molar-refractivity contribution is -0.117. The van der Waals surface area contributed by atoms with E-state index in [0.717, 1.165) is 16.9 Å². The van der Waals surface area contributed by atoms with Gasteiger partial charge in [0.25, 0.3) is 5.91 Å². The van der Waals surface area contributed by atoms with Crippen molar-refractivity contribution in [3.8, 4) is 11.8 Å². The van der Waals surface area contributed by atoms with Gasteiger partial charge in [0.1, 0.15) is 24.0 Å². The Morgan fingerprint density at radius 1 is 1.23 bits per heavy atom. The Hall–Kier alpha value is -3.10. The van der Waals surface area contributed by atoms with Crippen LogP contribution in [0.25, 0.3) is 6.08 Å². The number of carbonyl (C=O) groups excluding carboxylic acids is 1. The molecule has 0 unspecified atom stereocenters. The van der Waals surface area contributed by atoms with Crippen molar-refractivity contribution in [2.45, 2.75) is 13.5 Å². The zero-order valence-electron chi connectivity index (χ0n) is 15.0. The summed E-state index contributed by atoms with van der Waals surface area (Å²) in [7, 11) is 1.55. The van der Waals surface area contributed by atoms with E-state index in [9.17, 15) is 4.79 Å². The van der Waals surface area contributed by atoms with Gasteiger partial charge >= 0.3 is 0 Å². The zero-order chi connectivity index (χ0) is 18.8. The molecule has 5 heteroatoms. The Morgan fingerprint density at radius 2 is 2.00 bits per heavy atom. The summed E-state index contributed by atoms with van der Waals surface area (Å²) in [6.07, 6.45) is 1.55. The summed E-state index contributed by atoms with van der Waals surface area (Å²) < 4.78 is 10.6. The molecule has 2 rings (SSSR count). The van der Waals surface area contributed by atoms with Gasteiger partial charge in [-0.15, -0.1) is 0 Å². The quantitative estimate of drug-likeness (QED) is 0.451. The molecule has 0 fully saturated rings. The highest BCUT2D eigenvalue weighted by Gasteiger charge is 2.08. The minimum absolute atomic E-state index is 0.0505. The molecule has 0 spiro atoms. The number of nitrogens with zero attached hydrogens (tertiary/aromatic N) is 1. The van der Waals surface area contributed by atoms with Crippen LogP contribution >= 0.6 is 0 Å². The SMILES string of the molecule is COCCNC(=O)/C(C#N)=C/c1ccc(OCc2cccc(C)c2)cc1. The molecule has 0 saturated heterocycles. The van der Waals surface area contributed by atoms with E-state index >= 15 is 0 Å². The normalized spacial score (nSPS) is 10.9. The lowest BCUT2D eigenvalue weighted by atomic mass is 10.1. The third kappa shape index (κ3) is 6.08. The molecule has 0 saturated carbocycles. The second-order valence-electron chi connectivity index (χ2n) is 5.77. The third-order valence-electron chi connectivity index (χ3n) is 3.64. The summed E-state index contributed by atoms with van der Waals surface area (Å²) in [5, 5.41) is 11.8. The van der Waals surface area contributed by atoms with Crippen LogP contribution in [0.5, 0.6) is 5.75 Å². The fourth-order valence-electron chi connectivity index (χ4n) is 2.31. The van der Waals surface area contributed by atoms with Gasteiger partial charge in [-0.25, -0.2) is 0 Å². The molecule has 0 aliphatic heterocycles. The molecule has 5 nitrogen and oxygen atoms in total. The zero-order valence-corrected chi connectivity index (χ0v) is 15.0. The Kier molecular flexibility index (Phi) is 7.41. The summed E-state index contributed by atoms with van der Waals surface area (Å²) in [6.45, 7) is 3.29. The first kappa shape index (κ1) is 19.2. The number of methoxy groups -OCH3 is 1. The van der Waals surface area contributed by atoms with Gasteiger partial charge in [-0.3, -0.25) is 4.79 Å². The van der Waals surface area contributed by atoms with Crippen molar-refractivity contribution in [2.75, 3.05) is 20.3 Å². The van der Waals surface area contributed by atoms with Crippen LogP contribution in [0.15, 0.2) is 54.1 Å². The minimum Gasteiger partial charge on any atom is -0.489 e. The standard InChI is InChI=1S/C21H22N2O3/c1-16-4-3-5-18(12-16)15-26-20-8-6-17(7-9-20)13-19(14-22)21(24)23-10-11-25-2/h3-9,12-13H,10-11,15H2,1-2H3,(H,23,24)/b19-13+. The maximum Gasteiger partial charge on any atom is 0.262 e. The summed E-state index contributed by atoms with van der Waals surface area (Å²) in [6, 6.07) is 17.3. The van der Waals surface area contributed by atoms with E-state index in [1.807, 2.05) is 55.5 Å². The van der Waals surface area contributed by atoms with E-state index in [1.165, 1.54) is 5.56 Å². The van der Waals surface area contributed by atoms with E-state index in [1.54, 1.807) is 13.2 Å². The topological polar surface area (TPSA) is 71.3 Å². The van der Waals surface area contributed by atoms with Crippen LogP contribution in [0, 0.1) is 18.3 Å². The van der Waals surface area contributed by atoms with Crippen LogP contribution in [-0.4, -0.2) is 26.2 Å². The molecule has 0 heterocycles. The predicted molar refractivity (Wildman–Crippen MR) is 100 cm³/mol. The van der Waals surface area contributed by atoms with E-state index in [2.05, 4.69) is 11.4 Å². The van der Waals surface area contributed by atoms with E-state index in [0.29, 0.717) is 19.8 Å². The fourth-order valence-corrected chi connectivity index (χ4v) is 2.31. The molecule has 0 radical (unpaired) electrons. The first-order chi connectivity index (χ1) is 12.6. The Labute approximate surface area is 153 Å². The Balaban J connectivity index is 1.97. The molecule has 0 atom stereocenters. The number of aryl methyl sites for hydroxylation is 1. The fraction of sp³-hybridized carbons (Fsp3) is 0.238. The first-order valence-electron chi connectivity index (χ1n) is 8.29. The summed E-state index contributed by atoms with van der Waals surface area (Å²) >= 11 is 0. The smallest absolute Gasteiger partial charge is 0.262 e. The number of hydrogen-bond donors (Lipinski definition) is 1. The summed E-state index contributed by atoms with van der Waals surface area (Å²) in [5.41, 5.74) is 3.11. The molecule has 1 amide bonds. The van der Waals surface area contributed by atoms with Crippen LogP contribution < -0.4 is 10.1 Å². The summed E-state index contributed by atoms with van der Waals surface area (Å²) in [5.74, 6) is 0.316. The van der Waals surface area contributed by atoms with Gasteiger partial charge in [0.05, 0.1) is 6.61 Å². The van der Waals surface area contributed by atoms with Crippen molar-refractivity contribution in [1.29, 1.82) is 5.26 Å². The molecule has 0 aliphatic rings. The first-order valence-corrected chi connectivity index (χ1v) is 8.29. The van der Waals surface area contributed by atoms with Gasteiger partial charge in [0, 0.05) is 13.7 Å². The minimum atomic E-state index is -0.413. The number of hydrogen-bond acceptors (Lipinski definition) is 4. The van der Waals surface area contributed by atoms with Crippen molar-refractivity contribution in [3.63, 3.8) is 0 Å². The molecular weight excluding hydrogens is 328 g/mol. The number of carbonyl (C=O) groups is 1. The highest BCUT2D eigenvalue weighted by molar-refractivity contribution is 6.01. The molecular formula is C21H22N2O3. The second kappa shape index (κ2) is 10.0. The predicted octanol–water partition coefficient (Wildman–Crippen LogP) is 3.24. The van der Waals surface area contributed by atoms with Crippen molar-refractivity contribution in [1.82, 2.24) is 5.32 Å². The van der Waals surface area contributed by atoms with Crippen LogP contribution in [0.1, 0.15) is 16.7 Å². The average Bonchev–Trinajstić information content (AvgIpc) is 2.65. The number of rotatable bonds is 8. The largest absolute Gasteiger partial charge is 0.489 e. The molecule has 0 aliphatic carbocycles. The molecule has 0 bridgehead atoms. The van der Waals surface area contributed by atoms with Gasteiger partial charge in [0.2, 0.25) is 0 Å². The van der Waals surface area contributed by atoms with E-state index in [4.69, 9.17) is 14.7 Å². The number of ether oxygens (including phenoxy) is 2. The molecule has 26 heavy (non-hydrogen) atoms. The van der Waals surface area contributed by atoms with E-state index in [-0.39, 0.29) is 5.57 Å². The van der Waals surface area contributed by atoms with Gasteiger partial charge in [-0.05, 0) is 36.3 Å². The average molecular weight is 350 g/mol. The van der Waals surface area contributed by atoms with Gasteiger partial charge in [-0.2, -0.15) is 5.26 Å². The Morgan fingerprint density at radius 3 is 2.65 bits per heavy atom. The summed E-state index contributed by atoms with van der Waals surface area (Å²) in [4.78, 5) is 11.9. The van der Waals surface area contributed by atoms with Crippen molar-refractivity contribution >= 4 is 12.0 Å². The number of nitriles is 1. The molecule has 2 aromatic carbocycles. The lowest BCUT2D eigenvalue weighted by Crippen LogP contribution is -2.27. The van der Waals surface area contributed by atoms with Gasteiger partial charge in [0.15, 0.2) is 0 Å². The van der Waals surface area contributed by atoms with Crippen LogP contribution in [-0.2, 0) is 16.1 Å². The van der Waals surface area contributed by atoms with Crippen molar-refractivity contribution < 1.29 is 14.3 Å². The highest BCUT2D eigenvalue weighted by Crippen LogP contribution is 2.16. The van der Waals surface area contributed by atoms with Crippen LogP contribution in [0.2, 0.25) is 0 Å². The lowest BCUT2D eigenvalue weighted by Gasteiger charge is -2.07. The second-order valence-corrected chi connectivity index (χ2v) is 5.77. The highest BCUT2D eigenvalue weighted by atomic mass is 16.5. The maximum atomic E-state index is 11.9. The van der Waals surface area contributed by atoms with Gasteiger partial charge < -0.3 is 14.8 Å². The molecule has 134 valence electrons. The Bertz CT molecular complexity index is 805. The van der Waals surface area contributed by atoms with Crippen LogP contribution in [0.3, 0.4) is 0 Å². The van der Waals surface area contributed by atoms with Crippen molar-refractivity contribution in [2.24, 2.45) is 0 Å². The van der Waals surface area contributed by atoms with Crippen LogP contribution in [0.4, 0.5) is 0 Å². The van der Waals surface area contributed by atoms with E-state index < -0.39 is 5.91 Å². The number of benzene rings is 2. The molecule has 1 N–H and O–H groups in total. The monoisotopic (exact) mass is 350 g/mol. The van der Waals surface area contributed by atoms with Gasteiger partial charge in [-0.1, -0.05) is 42.0 Å². The van der Waals surface area contributed by atoms with Crippen molar-refractivity contribution in [3.05, 3.63) is 70.8 Å². The molecule has 0 aromatic heterocycles. The number of amides is 1. The molecule has 2 aromatic rings. The maximum absolute atomic E-state index is 11.9. The third-order valence-corrected chi connectivity index (χ3v) is 3.64.